The highest BCUT2D eigenvalue weighted by Gasteiger charge is 2.09. The number of rotatable bonds is 5. The molecule has 1 heterocycles. The van der Waals surface area contributed by atoms with Crippen molar-refractivity contribution in [3.63, 3.8) is 0 Å². The molecule has 0 spiro atoms. The molecule has 21 heavy (non-hydrogen) atoms. The zero-order chi connectivity index (χ0) is 15.4. The van der Waals surface area contributed by atoms with Crippen LogP contribution < -0.4 is 5.32 Å². The second-order valence-electron chi connectivity index (χ2n) is 4.43. The van der Waals surface area contributed by atoms with Crippen LogP contribution in [0, 0.1) is 12.7 Å². The first kappa shape index (κ1) is 15.9. The molecule has 2 rings (SSSR count). The number of anilines is 2. The molecule has 2 aromatic rings. The number of aromatic nitrogens is 1. The number of esters is 1. The molecule has 1 aromatic carbocycles. The van der Waals surface area contributed by atoms with E-state index in [-0.39, 0.29) is 11.8 Å². The SMILES string of the molecule is COC(=O)CCc1csc(Nc2cc(F)c(Br)cc2C)n1. The van der Waals surface area contributed by atoms with Crippen LogP contribution in [0.1, 0.15) is 17.7 Å². The minimum Gasteiger partial charge on any atom is -0.469 e. The molecule has 112 valence electrons. The quantitative estimate of drug-likeness (QED) is 0.798. The molecule has 0 bridgehead atoms. The maximum Gasteiger partial charge on any atom is 0.305 e. The van der Waals surface area contributed by atoms with Crippen molar-refractivity contribution in [3.8, 4) is 0 Å². The fourth-order valence-corrected chi connectivity index (χ4v) is 2.92. The number of nitrogens with one attached hydrogen (secondary N) is 1. The average Bonchev–Trinajstić information content (AvgIpc) is 2.89. The normalized spacial score (nSPS) is 10.5. The van der Waals surface area contributed by atoms with Crippen LogP contribution in [0.3, 0.4) is 0 Å². The highest BCUT2D eigenvalue weighted by Crippen LogP contribution is 2.28. The van der Waals surface area contributed by atoms with Crippen molar-refractivity contribution >= 4 is 44.1 Å². The summed E-state index contributed by atoms with van der Waals surface area (Å²) in [4.78, 5) is 15.5. The maximum atomic E-state index is 13.6. The van der Waals surface area contributed by atoms with Crippen molar-refractivity contribution in [2.24, 2.45) is 0 Å². The molecule has 1 aromatic heterocycles. The summed E-state index contributed by atoms with van der Waals surface area (Å²) in [7, 11) is 1.36. The van der Waals surface area contributed by atoms with Crippen molar-refractivity contribution in [1.29, 1.82) is 0 Å². The molecule has 1 N–H and O–H groups in total. The van der Waals surface area contributed by atoms with Crippen molar-refractivity contribution in [1.82, 2.24) is 4.98 Å². The molecule has 0 unspecified atom stereocenters. The highest BCUT2D eigenvalue weighted by atomic mass is 79.9. The number of carbonyl (C=O) groups is 1. The van der Waals surface area contributed by atoms with Gasteiger partial charge in [0.25, 0.3) is 0 Å². The lowest BCUT2D eigenvalue weighted by Crippen LogP contribution is -2.02. The summed E-state index contributed by atoms with van der Waals surface area (Å²) < 4.78 is 18.6. The highest BCUT2D eigenvalue weighted by molar-refractivity contribution is 9.10. The lowest BCUT2D eigenvalue weighted by Gasteiger charge is -2.07. The minimum absolute atomic E-state index is 0.261. The van der Waals surface area contributed by atoms with Crippen LogP contribution in [0.25, 0.3) is 0 Å². The monoisotopic (exact) mass is 372 g/mol. The van der Waals surface area contributed by atoms with Crippen molar-refractivity contribution in [2.75, 3.05) is 12.4 Å². The van der Waals surface area contributed by atoms with Crippen LogP contribution in [0.15, 0.2) is 22.0 Å². The van der Waals surface area contributed by atoms with E-state index in [4.69, 9.17) is 0 Å². The van der Waals surface area contributed by atoms with E-state index in [2.05, 4.69) is 31.0 Å². The Balaban J connectivity index is 2.06. The zero-order valence-electron chi connectivity index (χ0n) is 11.6. The summed E-state index contributed by atoms with van der Waals surface area (Å²) in [5, 5.41) is 5.63. The Hall–Kier alpha value is -1.47. The Labute approximate surface area is 134 Å². The number of nitrogens with zero attached hydrogens (tertiary/aromatic N) is 1. The van der Waals surface area contributed by atoms with Crippen molar-refractivity contribution in [3.05, 3.63) is 39.1 Å². The van der Waals surface area contributed by atoms with E-state index >= 15 is 0 Å². The zero-order valence-corrected chi connectivity index (χ0v) is 14.0. The van der Waals surface area contributed by atoms with E-state index in [0.29, 0.717) is 28.1 Å². The summed E-state index contributed by atoms with van der Waals surface area (Å²) in [6.45, 7) is 1.89. The van der Waals surface area contributed by atoms with Gasteiger partial charge in [-0.05, 0) is 40.5 Å². The first-order valence-corrected chi connectivity index (χ1v) is 7.90. The summed E-state index contributed by atoms with van der Waals surface area (Å²) in [6.07, 6.45) is 0.824. The number of carbonyl (C=O) groups excluding carboxylic acids is 1. The van der Waals surface area contributed by atoms with Crippen LogP contribution in [0.4, 0.5) is 15.2 Å². The van der Waals surface area contributed by atoms with E-state index in [1.807, 2.05) is 12.3 Å². The molecule has 0 saturated carbocycles. The van der Waals surface area contributed by atoms with Gasteiger partial charge in [-0.1, -0.05) is 0 Å². The number of hydrogen-bond donors (Lipinski definition) is 1. The topological polar surface area (TPSA) is 51.2 Å². The van der Waals surface area contributed by atoms with E-state index < -0.39 is 0 Å². The number of thiazole rings is 1. The Morgan fingerprint density at radius 2 is 2.29 bits per heavy atom. The van der Waals surface area contributed by atoms with Gasteiger partial charge in [0, 0.05) is 17.5 Å². The molecule has 0 fully saturated rings. The Bertz CT molecular complexity index is 660. The van der Waals surface area contributed by atoms with Gasteiger partial charge in [0.1, 0.15) is 5.82 Å². The molecule has 0 amide bonds. The smallest absolute Gasteiger partial charge is 0.305 e. The molecule has 0 aliphatic carbocycles. The summed E-state index contributed by atoms with van der Waals surface area (Å²) in [5.41, 5.74) is 2.39. The lowest BCUT2D eigenvalue weighted by molar-refractivity contribution is -0.140. The molecule has 0 aliphatic rings. The Morgan fingerprint density at radius 1 is 1.52 bits per heavy atom. The van der Waals surface area contributed by atoms with Crippen LogP contribution in [-0.2, 0) is 16.0 Å². The van der Waals surface area contributed by atoms with Crippen LogP contribution in [0.2, 0.25) is 0 Å². The van der Waals surface area contributed by atoms with Gasteiger partial charge in [-0.3, -0.25) is 4.79 Å². The van der Waals surface area contributed by atoms with E-state index in [1.54, 1.807) is 6.07 Å². The van der Waals surface area contributed by atoms with Gasteiger partial charge in [0.05, 0.1) is 23.7 Å². The average molecular weight is 373 g/mol. The molecule has 0 atom stereocenters. The van der Waals surface area contributed by atoms with E-state index in [9.17, 15) is 9.18 Å². The molecule has 0 aliphatic heterocycles. The van der Waals surface area contributed by atoms with Gasteiger partial charge >= 0.3 is 5.97 Å². The molecule has 0 saturated heterocycles. The Kier molecular flexibility index (Phi) is 5.30. The van der Waals surface area contributed by atoms with Crippen molar-refractivity contribution < 1.29 is 13.9 Å². The van der Waals surface area contributed by atoms with Crippen LogP contribution in [-0.4, -0.2) is 18.1 Å². The summed E-state index contributed by atoms with van der Waals surface area (Å²) in [6, 6.07) is 3.14. The van der Waals surface area contributed by atoms with Gasteiger partial charge in [0.15, 0.2) is 5.13 Å². The second kappa shape index (κ2) is 7.00. The number of halogens is 2. The van der Waals surface area contributed by atoms with Crippen LogP contribution >= 0.6 is 27.3 Å². The standard InChI is InChI=1S/C14H14BrFN2O2S/c1-8-5-10(15)11(16)6-12(8)18-14-17-9(7-21-14)3-4-13(19)20-2/h5-7H,3-4H2,1-2H3,(H,17,18). The number of hydrogen-bond acceptors (Lipinski definition) is 5. The van der Waals surface area contributed by atoms with Gasteiger partial charge in [0.2, 0.25) is 0 Å². The summed E-state index contributed by atoms with van der Waals surface area (Å²) >= 11 is 4.56. The van der Waals surface area contributed by atoms with Gasteiger partial charge in [-0.15, -0.1) is 11.3 Å². The van der Waals surface area contributed by atoms with E-state index in [0.717, 1.165) is 11.3 Å². The van der Waals surface area contributed by atoms with Crippen molar-refractivity contribution in [2.45, 2.75) is 19.8 Å². The largest absolute Gasteiger partial charge is 0.469 e. The molecular weight excluding hydrogens is 359 g/mol. The number of aryl methyl sites for hydroxylation is 2. The third-order valence-electron chi connectivity index (χ3n) is 2.87. The summed E-state index contributed by atoms with van der Waals surface area (Å²) in [5.74, 6) is -0.589. The first-order chi connectivity index (χ1) is 9.99. The van der Waals surface area contributed by atoms with Gasteiger partial charge in [-0.25, -0.2) is 9.37 Å². The fourth-order valence-electron chi connectivity index (χ4n) is 1.71. The lowest BCUT2D eigenvalue weighted by atomic mass is 10.2. The maximum absolute atomic E-state index is 13.6. The second-order valence-corrected chi connectivity index (χ2v) is 6.14. The third-order valence-corrected chi connectivity index (χ3v) is 4.29. The predicted octanol–water partition coefficient (Wildman–Crippen LogP) is 4.20. The predicted molar refractivity (Wildman–Crippen MR) is 84.6 cm³/mol. The Morgan fingerprint density at radius 3 is 3.00 bits per heavy atom. The number of benzene rings is 1. The van der Waals surface area contributed by atoms with E-state index in [1.165, 1.54) is 24.5 Å². The van der Waals surface area contributed by atoms with Crippen LogP contribution in [0.5, 0.6) is 0 Å². The molecule has 0 radical (unpaired) electrons. The number of ether oxygens (including phenoxy) is 1. The first-order valence-electron chi connectivity index (χ1n) is 6.23. The van der Waals surface area contributed by atoms with Gasteiger partial charge in [-0.2, -0.15) is 0 Å². The third kappa shape index (κ3) is 4.25. The minimum atomic E-state index is -0.328. The molecule has 7 heteroatoms. The number of methoxy groups -OCH3 is 1. The van der Waals surface area contributed by atoms with Gasteiger partial charge < -0.3 is 10.1 Å². The molecular formula is C14H14BrFN2O2S. The molecule has 4 nitrogen and oxygen atoms in total. The fraction of sp³-hybridized carbons (Fsp3) is 0.286.